The van der Waals surface area contributed by atoms with E-state index in [2.05, 4.69) is 97.1 Å². The molecule has 6 aromatic carbocycles. The average molecular weight is 327 g/mol. The lowest BCUT2D eigenvalue weighted by molar-refractivity contribution is 1.77. The summed E-state index contributed by atoms with van der Waals surface area (Å²) in [6.07, 6.45) is 0. The van der Waals surface area contributed by atoms with Gasteiger partial charge in [-0.05, 0) is 66.0 Å². The van der Waals surface area contributed by atoms with Gasteiger partial charge in [-0.3, -0.25) is 0 Å². The van der Waals surface area contributed by atoms with Crippen molar-refractivity contribution in [2.45, 2.75) is 0 Å². The zero-order valence-corrected chi connectivity index (χ0v) is 14.2. The molecule has 6 aromatic rings. The number of hydrogen-bond donors (Lipinski definition) is 0. The summed E-state index contributed by atoms with van der Waals surface area (Å²) in [5, 5.41) is 12.9. The first-order chi connectivity index (χ1) is 12.9. The van der Waals surface area contributed by atoms with Crippen LogP contribution in [0.4, 0.5) is 0 Å². The third kappa shape index (κ3) is 1.74. The van der Waals surface area contributed by atoms with Crippen LogP contribution in [0, 0.1) is 6.07 Å². The van der Waals surface area contributed by atoms with Crippen LogP contribution < -0.4 is 0 Å². The number of hydrogen-bond acceptors (Lipinski definition) is 0. The first-order valence-corrected chi connectivity index (χ1v) is 8.97. The van der Waals surface area contributed by atoms with Crippen molar-refractivity contribution in [2.75, 3.05) is 0 Å². The quantitative estimate of drug-likeness (QED) is 0.258. The molecule has 0 bridgehead atoms. The highest BCUT2D eigenvalue weighted by atomic mass is 14.1. The normalized spacial score (nSPS) is 11.8. The summed E-state index contributed by atoms with van der Waals surface area (Å²) >= 11 is 0. The Balaban J connectivity index is 2.06. The van der Waals surface area contributed by atoms with E-state index in [4.69, 9.17) is 0 Å². The van der Waals surface area contributed by atoms with Crippen LogP contribution in [0.2, 0.25) is 0 Å². The second kappa shape index (κ2) is 5.06. The summed E-state index contributed by atoms with van der Waals surface area (Å²) in [5.41, 5.74) is 0. The van der Waals surface area contributed by atoms with Crippen LogP contribution >= 0.6 is 0 Å². The standard InChI is InChI=1S/C26H15/c1-2-8-19-17(7-1)13-14-18-15-16-24-22-11-4-3-9-20(22)21-10-5-6-12-23(21)26(24)25(18)19/h1-14,16H. The lowest BCUT2D eigenvalue weighted by Gasteiger charge is -2.14. The van der Waals surface area contributed by atoms with E-state index in [-0.39, 0.29) is 0 Å². The topological polar surface area (TPSA) is 0 Å². The molecule has 0 aliphatic heterocycles. The third-order valence-electron chi connectivity index (χ3n) is 5.52. The molecule has 0 unspecified atom stereocenters. The van der Waals surface area contributed by atoms with Gasteiger partial charge in [-0.2, -0.15) is 0 Å². The van der Waals surface area contributed by atoms with Crippen LogP contribution in [-0.4, -0.2) is 0 Å². The molecule has 0 N–H and O–H groups in total. The van der Waals surface area contributed by atoms with Crippen molar-refractivity contribution >= 4 is 53.9 Å². The highest BCUT2D eigenvalue weighted by Crippen LogP contribution is 2.40. The van der Waals surface area contributed by atoms with E-state index in [0.717, 1.165) is 0 Å². The van der Waals surface area contributed by atoms with Crippen LogP contribution in [0.15, 0.2) is 91.0 Å². The van der Waals surface area contributed by atoms with Crippen LogP contribution in [-0.2, 0) is 0 Å². The molecule has 0 nitrogen and oxygen atoms in total. The number of fused-ring (bicyclic) bond motifs is 10. The average Bonchev–Trinajstić information content (AvgIpc) is 2.73. The van der Waals surface area contributed by atoms with Gasteiger partial charge in [0.15, 0.2) is 0 Å². The van der Waals surface area contributed by atoms with E-state index in [1.165, 1.54) is 53.9 Å². The Kier molecular flexibility index (Phi) is 2.70. The molecule has 0 aromatic heterocycles. The maximum absolute atomic E-state index is 3.54. The Bertz CT molecular complexity index is 1430. The van der Waals surface area contributed by atoms with Crippen molar-refractivity contribution in [2.24, 2.45) is 0 Å². The lowest BCUT2D eigenvalue weighted by atomic mass is 9.89. The molecule has 1 radical (unpaired) electrons. The van der Waals surface area contributed by atoms with Gasteiger partial charge in [0.1, 0.15) is 0 Å². The zero-order valence-electron chi connectivity index (χ0n) is 14.2. The molecule has 0 amide bonds. The largest absolute Gasteiger partial charge is 0.0616 e. The second-order valence-electron chi connectivity index (χ2n) is 6.88. The minimum absolute atomic E-state index is 1.18. The molecule has 0 aliphatic carbocycles. The maximum atomic E-state index is 3.54. The molecule has 0 heterocycles. The van der Waals surface area contributed by atoms with Gasteiger partial charge in [0, 0.05) is 0 Å². The maximum Gasteiger partial charge on any atom is -0.00137 e. The van der Waals surface area contributed by atoms with E-state index in [0.29, 0.717) is 0 Å². The van der Waals surface area contributed by atoms with Crippen LogP contribution in [0.1, 0.15) is 0 Å². The van der Waals surface area contributed by atoms with Crippen molar-refractivity contribution in [1.29, 1.82) is 0 Å². The second-order valence-corrected chi connectivity index (χ2v) is 6.88. The molecule has 0 spiro atoms. The number of benzene rings is 6. The minimum Gasteiger partial charge on any atom is -0.0616 e. The van der Waals surface area contributed by atoms with Crippen molar-refractivity contribution in [3.8, 4) is 0 Å². The van der Waals surface area contributed by atoms with Crippen LogP contribution in [0.25, 0.3) is 53.9 Å². The fourth-order valence-electron chi connectivity index (χ4n) is 4.40. The summed E-state index contributed by atoms with van der Waals surface area (Å²) in [4.78, 5) is 0. The van der Waals surface area contributed by atoms with Crippen LogP contribution in [0.3, 0.4) is 0 Å². The Morgan fingerprint density at radius 3 is 1.77 bits per heavy atom. The highest BCUT2D eigenvalue weighted by molar-refractivity contribution is 6.34. The Hall–Kier alpha value is -3.38. The van der Waals surface area contributed by atoms with Crippen molar-refractivity contribution < 1.29 is 0 Å². The Morgan fingerprint density at radius 2 is 1.00 bits per heavy atom. The smallest absolute Gasteiger partial charge is 0.00137 e. The lowest BCUT2D eigenvalue weighted by Crippen LogP contribution is -1.86. The Labute approximate surface area is 151 Å². The summed E-state index contributed by atoms with van der Waals surface area (Å²) in [6.45, 7) is 0. The van der Waals surface area contributed by atoms with Crippen LogP contribution in [0.5, 0.6) is 0 Å². The molecule has 0 fully saturated rings. The van der Waals surface area contributed by atoms with E-state index in [1.54, 1.807) is 0 Å². The minimum atomic E-state index is 1.18. The predicted molar refractivity (Wildman–Crippen MR) is 113 cm³/mol. The first-order valence-electron chi connectivity index (χ1n) is 8.97. The molecule has 119 valence electrons. The third-order valence-corrected chi connectivity index (χ3v) is 5.52. The van der Waals surface area contributed by atoms with E-state index in [9.17, 15) is 0 Å². The van der Waals surface area contributed by atoms with E-state index >= 15 is 0 Å². The van der Waals surface area contributed by atoms with Gasteiger partial charge < -0.3 is 0 Å². The molecule has 0 heteroatoms. The molecule has 0 aliphatic rings. The highest BCUT2D eigenvalue weighted by Gasteiger charge is 2.12. The van der Waals surface area contributed by atoms with Gasteiger partial charge in [0.05, 0.1) is 0 Å². The first kappa shape index (κ1) is 13.9. The van der Waals surface area contributed by atoms with Gasteiger partial charge in [0.25, 0.3) is 0 Å². The summed E-state index contributed by atoms with van der Waals surface area (Å²) in [7, 11) is 0. The van der Waals surface area contributed by atoms with Gasteiger partial charge in [0.2, 0.25) is 0 Å². The number of rotatable bonds is 0. The molecular formula is C26H15. The fraction of sp³-hybridized carbons (Fsp3) is 0. The summed E-state index contributed by atoms with van der Waals surface area (Å²) < 4.78 is 0. The fourth-order valence-corrected chi connectivity index (χ4v) is 4.40. The Morgan fingerprint density at radius 1 is 0.423 bits per heavy atom. The zero-order chi connectivity index (χ0) is 17.1. The van der Waals surface area contributed by atoms with Gasteiger partial charge in [-0.15, -0.1) is 0 Å². The van der Waals surface area contributed by atoms with Gasteiger partial charge >= 0.3 is 0 Å². The SMILES string of the molecule is [c]1cc2c3ccccc3c3ccccc3c2c2c1ccc1ccccc12. The molecule has 0 saturated heterocycles. The summed E-state index contributed by atoms with van der Waals surface area (Å²) in [5.74, 6) is 0. The molecule has 0 atom stereocenters. The van der Waals surface area contributed by atoms with Crippen molar-refractivity contribution in [1.82, 2.24) is 0 Å². The van der Waals surface area contributed by atoms with Crippen molar-refractivity contribution in [3.63, 3.8) is 0 Å². The molecule has 0 saturated carbocycles. The molecule has 26 heavy (non-hydrogen) atoms. The molecular weight excluding hydrogens is 312 g/mol. The predicted octanol–water partition coefficient (Wildman–Crippen LogP) is 7.25. The summed E-state index contributed by atoms with van der Waals surface area (Å²) in [6, 6.07) is 36.2. The van der Waals surface area contributed by atoms with E-state index < -0.39 is 0 Å². The van der Waals surface area contributed by atoms with Crippen molar-refractivity contribution in [3.05, 3.63) is 97.1 Å². The monoisotopic (exact) mass is 327 g/mol. The van der Waals surface area contributed by atoms with E-state index in [1.807, 2.05) is 0 Å². The van der Waals surface area contributed by atoms with Gasteiger partial charge in [-0.25, -0.2) is 0 Å². The van der Waals surface area contributed by atoms with Gasteiger partial charge in [-0.1, -0.05) is 84.9 Å². The molecule has 6 rings (SSSR count).